The Bertz CT molecular complexity index is 1630. The minimum atomic E-state index is -0.293. The second kappa shape index (κ2) is 10.7. The van der Waals surface area contributed by atoms with Crippen LogP contribution in [-0.4, -0.2) is 74.1 Å². The number of aromatic nitrogens is 1. The maximum Gasteiger partial charge on any atom is 0.289 e. The van der Waals surface area contributed by atoms with E-state index in [1.54, 1.807) is 34.1 Å². The number of nitrogens with zero attached hydrogens (tertiary/aromatic N) is 4. The molecular weight excluding hydrogens is 536 g/mol. The molecule has 40 heavy (non-hydrogen) atoms. The van der Waals surface area contributed by atoms with Crippen LogP contribution in [0.25, 0.3) is 21.3 Å². The molecule has 0 atom stereocenters. The first kappa shape index (κ1) is 26.6. The Labute approximate surface area is 233 Å². The molecule has 4 N–H and O–H groups in total. The second-order valence-electron chi connectivity index (χ2n) is 8.86. The van der Waals surface area contributed by atoms with E-state index in [0.717, 1.165) is 11.3 Å². The van der Waals surface area contributed by atoms with Crippen LogP contribution in [0, 0.1) is 11.3 Å². The number of fused-ring (bicyclic) bond motifs is 1. The van der Waals surface area contributed by atoms with E-state index in [4.69, 9.17) is 30.1 Å². The number of rotatable bonds is 6. The molecule has 0 radical (unpaired) electrons. The quantitative estimate of drug-likeness (QED) is 0.356. The molecule has 1 aromatic carbocycles. The molecule has 0 spiro atoms. The number of ether oxygens (including phenoxy) is 3. The summed E-state index contributed by atoms with van der Waals surface area (Å²) in [6, 6.07) is 8.76. The summed E-state index contributed by atoms with van der Waals surface area (Å²) in [4.78, 5) is 34.6. The lowest BCUT2D eigenvalue weighted by molar-refractivity contribution is 0.0521. The smallest absolute Gasteiger partial charge is 0.289 e. The van der Waals surface area contributed by atoms with E-state index in [9.17, 15) is 14.9 Å². The van der Waals surface area contributed by atoms with Crippen molar-refractivity contribution in [2.75, 3.05) is 59.0 Å². The molecular formula is C27H26N6O6S. The van der Waals surface area contributed by atoms with Crippen LogP contribution in [0.3, 0.4) is 0 Å². The van der Waals surface area contributed by atoms with Gasteiger partial charge in [0, 0.05) is 37.1 Å². The van der Waals surface area contributed by atoms with Crippen molar-refractivity contribution in [3.05, 3.63) is 46.7 Å². The van der Waals surface area contributed by atoms with Gasteiger partial charge in [0.1, 0.15) is 27.2 Å². The second-order valence-corrected chi connectivity index (χ2v) is 9.86. The number of piperazine rings is 1. The molecule has 1 fully saturated rings. The van der Waals surface area contributed by atoms with Gasteiger partial charge in [-0.1, -0.05) is 0 Å². The molecule has 4 heterocycles. The van der Waals surface area contributed by atoms with Crippen LogP contribution in [0.5, 0.6) is 17.2 Å². The van der Waals surface area contributed by atoms with Gasteiger partial charge in [-0.05, 0) is 29.8 Å². The largest absolute Gasteiger partial charge is 0.493 e. The van der Waals surface area contributed by atoms with Crippen molar-refractivity contribution in [1.29, 1.82) is 5.26 Å². The topological polar surface area (TPSA) is 170 Å². The lowest BCUT2D eigenvalue weighted by Crippen LogP contribution is -2.50. The molecule has 1 aliphatic rings. The number of methoxy groups -OCH3 is 3. The Balaban J connectivity index is 1.54. The number of nitrogens with two attached hydrogens (primary N) is 2. The highest BCUT2D eigenvalue weighted by atomic mass is 32.1. The molecule has 12 nitrogen and oxygen atoms in total. The van der Waals surface area contributed by atoms with E-state index >= 15 is 0 Å². The molecule has 1 aliphatic heterocycles. The summed E-state index contributed by atoms with van der Waals surface area (Å²) < 4.78 is 21.6. The van der Waals surface area contributed by atoms with Crippen LogP contribution in [0.15, 0.2) is 34.9 Å². The van der Waals surface area contributed by atoms with Gasteiger partial charge in [0.05, 0.1) is 33.3 Å². The summed E-state index contributed by atoms with van der Waals surface area (Å²) in [6.45, 7) is 1.32. The fraction of sp³-hybridized carbons (Fsp3) is 0.259. The molecule has 0 unspecified atom stereocenters. The summed E-state index contributed by atoms with van der Waals surface area (Å²) in [5.74, 6) is 0.863. The van der Waals surface area contributed by atoms with E-state index < -0.39 is 0 Å². The first-order chi connectivity index (χ1) is 19.3. The van der Waals surface area contributed by atoms with Crippen molar-refractivity contribution in [1.82, 2.24) is 14.8 Å². The predicted octanol–water partition coefficient (Wildman–Crippen LogP) is 3.22. The Morgan fingerprint density at radius 1 is 1.02 bits per heavy atom. The molecule has 4 aromatic rings. The lowest BCUT2D eigenvalue weighted by Gasteiger charge is -2.34. The average molecular weight is 563 g/mol. The van der Waals surface area contributed by atoms with Crippen LogP contribution in [0.1, 0.15) is 25.8 Å². The molecule has 206 valence electrons. The zero-order valence-corrected chi connectivity index (χ0v) is 22.8. The van der Waals surface area contributed by atoms with Gasteiger partial charge >= 0.3 is 0 Å². The highest BCUT2D eigenvalue weighted by Crippen LogP contribution is 2.47. The third-order valence-corrected chi connectivity index (χ3v) is 7.84. The summed E-state index contributed by atoms with van der Waals surface area (Å²) >= 11 is 1.10. The number of hydrogen-bond donors (Lipinski definition) is 2. The Morgan fingerprint density at radius 2 is 1.65 bits per heavy atom. The standard InChI is InChI=1S/C27H26N6O6S/c1-36-17-11-14(12-18(37-2)22(17)38-3)19-15(13-28)24(30)31-25-20(19)21(29)23(40-25)27(35)33-8-6-32(7-9-33)26(34)16-5-4-10-39-16/h4-5,10-12H,6-9,29H2,1-3H3,(H2,30,31). The zero-order chi connectivity index (χ0) is 28.6. The molecule has 0 aliphatic carbocycles. The summed E-state index contributed by atoms with van der Waals surface area (Å²) in [5, 5.41) is 10.4. The summed E-state index contributed by atoms with van der Waals surface area (Å²) in [6.07, 6.45) is 1.45. The average Bonchev–Trinajstić information content (AvgIpc) is 3.63. The van der Waals surface area contributed by atoms with Gasteiger partial charge in [0.25, 0.3) is 11.8 Å². The Kier molecular flexibility index (Phi) is 7.10. The van der Waals surface area contributed by atoms with Crippen molar-refractivity contribution in [3.8, 4) is 34.4 Å². The fourth-order valence-electron chi connectivity index (χ4n) is 4.77. The molecule has 0 saturated carbocycles. The van der Waals surface area contributed by atoms with Gasteiger partial charge in [0.15, 0.2) is 17.3 Å². The minimum Gasteiger partial charge on any atom is -0.493 e. The van der Waals surface area contributed by atoms with Crippen LogP contribution < -0.4 is 25.7 Å². The molecule has 3 aromatic heterocycles. The maximum atomic E-state index is 13.6. The number of pyridine rings is 1. The summed E-state index contributed by atoms with van der Waals surface area (Å²) in [7, 11) is 4.46. The van der Waals surface area contributed by atoms with Crippen molar-refractivity contribution in [2.24, 2.45) is 0 Å². The molecule has 1 saturated heterocycles. The lowest BCUT2D eigenvalue weighted by atomic mass is 9.96. The van der Waals surface area contributed by atoms with Gasteiger partial charge in [-0.3, -0.25) is 9.59 Å². The predicted molar refractivity (Wildman–Crippen MR) is 149 cm³/mol. The van der Waals surface area contributed by atoms with E-state index in [1.807, 2.05) is 0 Å². The first-order valence-electron chi connectivity index (χ1n) is 12.2. The van der Waals surface area contributed by atoms with E-state index in [-0.39, 0.29) is 39.5 Å². The zero-order valence-electron chi connectivity index (χ0n) is 22.0. The number of amides is 2. The first-order valence-corrected chi connectivity index (χ1v) is 13.0. The van der Waals surface area contributed by atoms with Crippen LogP contribution in [-0.2, 0) is 0 Å². The molecule has 2 amide bonds. The fourth-order valence-corrected chi connectivity index (χ4v) is 5.85. The number of furan rings is 1. The maximum absolute atomic E-state index is 13.6. The van der Waals surface area contributed by atoms with Crippen LogP contribution in [0.2, 0.25) is 0 Å². The third-order valence-electron chi connectivity index (χ3n) is 6.75. The van der Waals surface area contributed by atoms with Gasteiger partial charge < -0.3 is 39.9 Å². The normalized spacial score (nSPS) is 13.2. The van der Waals surface area contributed by atoms with Gasteiger partial charge in [-0.15, -0.1) is 11.3 Å². The van der Waals surface area contributed by atoms with E-state index in [1.165, 1.54) is 27.6 Å². The number of nitrogen functional groups attached to an aromatic ring is 2. The van der Waals surface area contributed by atoms with E-state index in [0.29, 0.717) is 64.8 Å². The number of anilines is 2. The third kappa shape index (κ3) is 4.38. The Morgan fingerprint density at radius 3 is 2.17 bits per heavy atom. The van der Waals surface area contributed by atoms with Crippen molar-refractivity contribution in [3.63, 3.8) is 0 Å². The molecule has 5 rings (SSSR count). The Hall–Kier alpha value is -4.96. The van der Waals surface area contributed by atoms with Crippen LogP contribution in [0.4, 0.5) is 11.5 Å². The molecule has 13 heteroatoms. The number of carbonyl (C=O) groups excluding carboxylic acids is 2. The highest BCUT2D eigenvalue weighted by molar-refractivity contribution is 7.21. The van der Waals surface area contributed by atoms with Gasteiger partial charge in [-0.25, -0.2) is 4.98 Å². The van der Waals surface area contributed by atoms with Crippen molar-refractivity contribution >= 4 is 44.9 Å². The van der Waals surface area contributed by atoms with Gasteiger partial charge in [0.2, 0.25) is 5.75 Å². The number of benzene rings is 1. The molecule has 0 bridgehead atoms. The van der Waals surface area contributed by atoms with Gasteiger partial charge in [-0.2, -0.15) is 5.26 Å². The van der Waals surface area contributed by atoms with Crippen LogP contribution >= 0.6 is 11.3 Å². The monoisotopic (exact) mass is 562 g/mol. The SMILES string of the molecule is COc1cc(-c2c(C#N)c(N)nc3sc(C(=O)N4CCN(C(=O)c5ccco5)CC4)c(N)c23)cc(OC)c1OC. The highest BCUT2D eigenvalue weighted by Gasteiger charge is 2.31. The minimum absolute atomic E-state index is 0.00375. The van der Waals surface area contributed by atoms with Crippen molar-refractivity contribution < 1.29 is 28.2 Å². The number of thiophene rings is 1. The van der Waals surface area contributed by atoms with Crippen molar-refractivity contribution in [2.45, 2.75) is 0 Å². The number of nitriles is 1. The van der Waals surface area contributed by atoms with E-state index in [2.05, 4.69) is 11.1 Å². The number of carbonyl (C=O) groups is 2. The number of hydrogen-bond acceptors (Lipinski definition) is 11. The summed E-state index contributed by atoms with van der Waals surface area (Å²) in [5.41, 5.74) is 14.0.